The van der Waals surface area contributed by atoms with Crippen molar-refractivity contribution in [3.05, 3.63) is 0 Å². The van der Waals surface area contributed by atoms with Crippen molar-refractivity contribution in [3.8, 4) is 0 Å². The molecule has 0 amide bonds. The van der Waals surface area contributed by atoms with Crippen LogP contribution < -0.4 is 5.23 Å². The summed E-state index contributed by atoms with van der Waals surface area (Å²) >= 11 is 0. The van der Waals surface area contributed by atoms with Crippen LogP contribution in [0.5, 0.6) is 0 Å². The van der Waals surface area contributed by atoms with E-state index in [1.165, 1.54) is 38.5 Å². The van der Waals surface area contributed by atoms with E-state index in [1.54, 1.807) is 0 Å². The van der Waals surface area contributed by atoms with Gasteiger partial charge in [0.25, 0.3) is 0 Å². The molecule has 0 bridgehead atoms. The van der Waals surface area contributed by atoms with Gasteiger partial charge in [0.05, 0.1) is 11.2 Å². The SMILES string of the molecule is CC1(C)OB(NC2CCCCCC2)OC1(C)C. The Morgan fingerprint density at radius 2 is 1.35 bits per heavy atom. The van der Waals surface area contributed by atoms with Gasteiger partial charge in [-0.25, -0.2) is 0 Å². The highest BCUT2D eigenvalue weighted by molar-refractivity contribution is 6.42. The molecule has 0 unspecified atom stereocenters. The number of nitrogens with one attached hydrogen (secondary N) is 1. The van der Waals surface area contributed by atoms with Crippen LogP contribution in [0.2, 0.25) is 0 Å². The van der Waals surface area contributed by atoms with Crippen molar-refractivity contribution in [2.45, 2.75) is 83.5 Å². The van der Waals surface area contributed by atoms with Gasteiger partial charge in [-0.15, -0.1) is 0 Å². The molecule has 0 aromatic rings. The minimum absolute atomic E-state index is 0.227. The molecule has 0 atom stereocenters. The fourth-order valence-electron chi connectivity index (χ4n) is 2.55. The van der Waals surface area contributed by atoms with Crippen LogP contribution in [0, 0.1) is 0 Å². The second-order valence-electron chi connectivity index (χ2n) is 6.44. The predicted molar refractivity (Wildman–Crippen MR) is 70.7 cm³/mol. The first-order chi connectivity index (χ1) is 7.91. The van der Waals surface area contributed by atoms with Crippen LogP contribution in [0.4, 0.5) is 0 Å². The average molecular weight is 239 g/mol. The highest BCUT2D eigenvalue weighted by atomic mass is 16.7. The summed E-state index contributed by atoms with van der Waals surface area (Å²) in [5.41, 5.74) is -0.454. The highest BCUT2D eigenvalue weighted by Gasteiger charge is 2.51. The maximum atomic E-state index is 5.97. The summed E-state index contributed by atoms with van der Waals surface area (Å²) < 4.78 is 11.9. The first kappa shape index (κ1) is 13.4. The van der Waals surface area contributed by atoms with Gasteiger partial charge in [0.2, 0.25) is 0 Å². The summed E-state index contributed by atoms with van der Waals surface area (Å²) in [6.45, 7) is 8.40. The Kier molecular flexibility index (Phi) is 3.86. The molecule has 1 saturated carbocycles. The molecule has 1 saturated heterocycles. The molecule has 0 aromatic heterocycles. The Bertz CT molecular complexity index is 244. The minimum atomic E-state index is -0.233. The van der Waals surface area contributed by atoms with Crippen LogP contribution in [0.1, 0.15) is 66.2 Å². The van der Waals surface area contributed by atoms with Crippen molar-refractivity contribution in [3.63, 3.8) is 0 Å². The van der Waals surface area contributed by atoms with Crippen LogP contribution in [-0.4, -0.2) is 24.5 Å². The first-order valence-electron chi connectivity index (χ1n) is 7.02. The van der Waals surface area contributed by atoms with Gasteiger partial charge in [-0.05, 0) is 40.5 Å². The summed E-state index contributed by atoms with van der Waals surface area (Å²) in [6.07, 6.45) is 7.92. The van der Waals surface area contributed by atoms with Crippen LogP contribution in [0.25, 0.3) is 0 Å². The van der Waals surface area contributed by atoms with Crippen molar-refractivity contribution in [2.24, 2.45) is 0 Å². The summed E-state index contributed by atoms with van der Waals surface area (Å²) in [7, 11) is -0.233. The third-order valence-corrected chi connectivity index (χ3v) is 4.48. The topological polar surface area (TPSA) is 30.5 Å². The van der Waals surface area contributed by atoms with E-state index in [2.05, 4.69) is 32.9 Å². The molecule has 3 nitrogen and oxygen atoms in total. The van der Waals surface area contributed by atoms with Gasteiger partial charge in [0, 0.05) is 6.04 Å². The monoisotopic (exact) mass is 239 g/mol. The Balaban J connectivity index is 1.88. The fourth-order valence-corrected chi connectivity index (χ4v) is 2.55. The smallest absolute Gasteiger partial charge is 0.389 e. The molecule has 0 aromatic carbocycles. The average Bonchev–Trinajstić information content (AvgIpc) is 2.42. The molecule has 1 aliphatic heterocycles. The van der Waals surface area contributed by atoms with Crippen molar-refractivity contribution in [1.29, 1.82) is 0 Å². The molecular formula is C13H26BNO2. The molecule has 0 spiro atoms. The summed E-state index contributed by atoms with van der Waals surface area (Å²) in [6, 6.07) is 0.562. The van der Waals surface area contributed by atoms with E-state index in [4.69, 9.17) is 9.31 Å². The second-order valence-corrected chi connectivity index (χ2v) is 6.44. The van der Waals surface area contributed by atoms with E-state index < -0.39 is 0 Å². The maximum absolute atomic E-state index is 5.97. The summed E-state index contributed by atoms with van der Waals surface area (Å²) in [5, 5.41) is 3.52. The lowest BCUT2D eigenvalue weighted by atomic mass is 9.90. The van der Waals surface area contributed by atoms with Crippen molar-refractivity contribution in [1.82, 2.24) is 5.23 Å². The van der Waals surface area contributed by atoms with E-state index in [0.717, 1.165) is 0 Å². The molecule has 1 N–H and O–H groups in total. The Morgan fingerprint density at radius 3 is 1.82 bits per heavy atom. The lowest BCUT2D eigenvalue weighted by molar-refractivity contribution is 0.00578. The Labute approximate surface area is 106 Å². The largest absolute Gasteiger partial charge is 0.555 e. The zero-order valence-corrected chi connectivity index (χ0v) is 11.7. The van der Waals surface area contributed by atoms with Gasteiger partial charge >= 0.3 is 7.25 Å². The Morgan fingerprint density at radius 1 is 0.882 bits per heavy atom. The maximum Gasteiger partial charge on any atom is 0.555 e. The molecule has 98 valence electrons. The zero-order chi connectivity index (χ0) is 12.5. The zero-order valence-electron chi connectivity index (χ0n) is 11.7. The summed E-state index contributed by atoms with van der Waals surface area (Å²) in [4.78, 5) is 0. The number of hydrogen-bond acceptors (Lipinski definition) is 3. The first-order valence-corrected chi connectivity index (χ1v) is 7.02. The molecule has 0 radical (unpaired) electrons. The summed E-state index contributed by atoms with van der Waals surface area (Å²) in [5.74, 6) is 0. The molecule has 2 aliphatic rings. The van der Waals surface area contributed by atoms with Gasteiger partial charge in [-0.3, -0.25) is 0 Å². The molecule has 4 heteroatoms. The molecule has 2 rings (SSSR count). The van der Waals surface area contributed by atoms with Gasteiger partial charge in [-0.1, -0.05) is 25.7 Å². The van der Waals surface area contributed by atoms with Crippen LogP contribution in [0.15, 0.2) is 0 Å². The van der Waals surface area contributed by atoms with E-state index >= 15 is 0 Å². The quantitative estimate of drug-likeness (QED) is 0.593. The van der Waals surface area contributed by atoms with Crippen molar-refractivity contribution >= 4 is 7.25 Å². The van der Waals surface area contributed by atoms with Crippen molar-refractivity contribution < 1.29 is 9.31 Å². The van der Waals surface area contributed by atoms with E-state index in [9.17, 15) is 0 Å². The number of hydrogen-bond donors (Lipinski definition) is 1. The van der Waals surface area contributed by atoms with E-state index in [1.807, 2.05) is 0 Å². The molecule has 1 aliphatic carbocycles. The van der Waals surface area contributed by atoms with Gasteiger partial charge < -0.3 is 14.5 Å². The minimum Gasteiger partial charge on any atom is -0.389 e. The second kappa shape index (κ2) is 4.91. The molecule has 1 heterocycles. The normalized spacial score (nSPS) is 29.3. The van der Waals surface area contributed by atoms with Crippen molar-refractivity contribution in [2.75, 3.05) is 0 Å². The lowest BCUT2D eigenvalue weighted by Crippen LogP contribution is -2.44. The molecular weight excluding hydrogens is 213 g/mol. The highest BCUT2D eigenvalue weighted by Crippen LogP contribution is 2.36. The van der Waals surface area contributed by atoms with Gasteiger partial charge in [0.1, 0.15) is 0 Å². The van der Waals surface area contributed by atoms with E-state index in [-0.39, 0.29) is 18.5 Å². The molecule has 17 heavy (non-hydrogen) atoms. The van der Waals surface area contributed by atoms with Crippen LogP contribution in [-0.2, 0) is 9.31 Å². The lowest BCUT2D eigenvalue weighted by Gasteiger charge is -2.32. The Hall–Kier alpha value is -0.0551. The van der Waals surface area contributed by atoms with Crippen LogP contribution in [0.3, 0.4) is 0 Å². The third-order valence-electron chi connectivity index (χ3n) is 4.48. The van der Waals surface area contributed by atoms with E-state index in [0.29, 0.717) is 6.04 Å². The van der Waals surface area contributed by atoms with Gasteiger partial charge in [0.15, 0.2) is 0 Å². The fraction of sp³-hybridized carbons (Fsp3) is 1.00. The third kappa shape index (κ3) is 3.04. The van der Waals surface area contributed by atoms with Gasteiger partial charge in [-0.2, -0.15) is 0 Å². The predicted octanol–water partition coefficient (Wildman–Crippen LogP) is 2.89. The molecule has 2 fully saturated rings. The van der Waals surface area contributed by atoms with Crippen LogP contribution >= 0.6 is 0 Å². The number of rotatable bonds is 2. The standard InChI is InChI=1S/C13H26BNO2/c1-12(2)13(3,4)17-14(16-12)15-11-9-7-5-6-8-10-11/h11,15H,5-10H2,1-4H3.